The van der Waals surface area contributed by atoms with E-state index in [-0.39, 0.29) is 29.7 Å². The number of hydrazine groups is 1. The van der Waals surface area contributed by atoms with Gasteiger partial charge in [0.25, 0.3) is 0 Å². The molecule has 2 aromatic carbocycles. The molecule has 0 aliphatic rings. The van der Waals surface area contributed by atoms with E-state index < -0.39 is 0 Å². The van der Waals surface area contributed by atoms with Gasteiger partial charge in [0.05, 0.1) is 0 Å². The number of nitrogens with two attached hydrogens (primary N) is 3. The zero-order chi connectivity index (χ0) is 18.7. The monoisotopic (exact) mass is 353 g/mol. The molecule has 0 aliphatic heterocycles. The van der Waals surface area contributed by atoms with E-state index in [1.54, 1.807) is 12.1 Å². The molecule has 0 spiro atoms. The standard InChI is InChI=1S/C19H20FN5O/c1-11-5-6-13(12-3-2-4-15(20)8-12)7-14(11)10-26-16-9-17(21)24-19(25-23)18(16)22/h2-9H,10,22-23H2,1H3,(H3,21,24,25). The van der Waals surface area contributed by atoms with E-state index in [0.29, 0.717) is 5.75 Å². The molecule has 3 rings (SSSR count). The largest absolute Gasteiger partial charge is 0.486 e. The number of hydrogen-bond acceptors (Lipinski definition) is 6. The summed E-state index contributed by atoms with van der Waals surface area (Å²) in [5, 5.41) is 0. The van der Waals surface area contributed by atoms with E-state index in [0.717, 1.165) is 22.3 Å². The van der Waals surface area contributed by atoms with Crippen molar-refractivity contribution in [1.82, 2.24) is 4.98 Å². The normalized spacial score (nSPS) is 10.6. The molecule has 0 radical (unpaired) electrons. The molecule has 0 bridgehead atoms. The highest BCUT2D eigenvalue weighted by molar-refractivity contribution is 5.71. The number of aromatic nitrogens is 1. The maximum atomic E-state index is 13.5. The lowest BCUT2D eigenvalue weighted by atomic mass is 10.00. The number of ether oxygens (including phenoxy) is 1. The number of nitrogens with zero attached hydrogens (tertiary/aromatic N) is 1. The van der Waals surface area contributed by atoms with Crippen LogP contribution in [0.4, 0.5) is 21.7 Å². The lowest BCUT2D eigenvalue weighted by Gasteiger charge is -2.14. The second-order valence-electron chi connectivity index (χ2n) is 5.89. The predicted molar refractivity (Wildman–Crippen MR) is 102 cm³/mol. The van der Waals surface area contributed by atoms with Crippen LogP contribution in [0, 0.1) is 12.7 Å². The minimum absolute atomic E-state index is 0.243. The Hall–Kier alpha value is -3.32. The SMILES string of the molecule is Cc1ccc(-c2cccc(F)c2)cc1COc1cc(N)nc(NN)c1N. The number of benzene rings is 2. The summed E-state index contributed by atoms with van der Waals surface area (Å²) in [7, 11) is 0. The van der Waals surface area contributed by atoms with Gasteiger partial charge in [-0.25, -0.2) is 15.2 Å². The molecule has 0 saturated carbocycles. The molecule has 0 unspecified atom stereocenters. The number of anilines is 3. The highest BCUT2D eigenvalue weighted by Crippen LogP contribution is 2.31. The second-order valence-corrected chi connectivity index (χ2v) is 5.89. The Morgan fingerprint density at radius 3 is 2.58 bits per heavy atom. The van der Waals surface area contributed by atoms with Gasteiger partial charge in [-0.3, -0.25) is 0 Å². The van der Waals surface area contributed by atoms with Gasteiger partial charge < -0.3 is 21.6 Å². The minimum Gasteiger partial charge on any atom is -0.486 e. The molecular formula is C19H20FN5O. The molecule has 0 fully saturated rings. The van der Waals surface area contributed by atoms with E-state index in [4.69, 9.17) is 22.0 Å². The van der Waals surface area contributed by atoms with Crippen molar-refractivity contribution in [3.63, 3.8) is 0 Å². The summed E-state index contributed by atoms with van der Waals surface area (Å²) in [6, 6.07) is 13.9. The summed E-state index contributed by atoms with van der Waals surface area (Å²) in [6.45, 7) is 2.25. The minimum atomic E-state index is -0.275. The van der Waals surface area contributed by atoms with E-state index in [1.165, 1.54) is 12.1 Å². The van der Waals surface area contributed by atoms with Crippen molar-refractivity contribution in [2.24, 2.45) is 5.84 Å². The Labute approximate surface area is 150 Å². The van der Waals surface area contributed by atoms with Crippen LogP contribution >= 0.6 is 0 Å². The first kappa shape index (κ1) is 17.5. The summed E-state index contributed by atoms with van der Waals surface area (Å²) in [5.74, 6) is 5.99. The first-order valence-electron chi connectivity index (χ1n) is 7.99. The number of nitrogen functional groups attached to an aromatic ring is 3. The van der Waals surface area contributed by atoms with Crippen LogP contribution < -0.4 is 27.5 Å². The second kappa shape index (κ2) is 7.28. The van der Waals surface area contributed by atoms with Crippen molar-refractivity contribution in [3.8, 4) is 16.9 Å². The fourth-order valence-electron chi connectivity index (χ4n) is 2.61. The zero-order valence-corrected chi connectivity index (χ0v) is 14.3. The molecule has 1 aromatic heterocycles. The van der Waals surface area contributed by atoms with Crippen molar-refractivity contribution in [1.29, 1.82) is 0 Å². The predicted octanol–water partition coefficient (Wildman–Crippen LogP) is 3.23. The molecule has 0 saturated heterocycles. The number of halogens is 1. The van der Waals surface area contributed by atoms with Gasteiger partial charge in [0.15, 0.2) is 5.82 Å². The Morgan fingerprint density at radius 2 is 1.85 bits per heavy atom. The van der Waals surface area contributed by atoms with Crippen LogP contribution in [0.1, 0.15) is 11.1 Å². The van der Waals surface area contributed by atoms with Crippen molar-refractivity contribution in [2.45, 2.75) is 13.5 Å². The van der Waals surface area contributed by atoms with E-state index >= 15 is 0 Å². The lowest BCUT2D eigenvalue weighted by molar-refractivity contribution is 0.307. The third-order valence-corrected chi connectivity index (χ3v) is 4.07. The number of pyridine rings is 1. The van der Waals surface area contributed by atoms with E-state index in [2.05, 4.69) is 10.4 Å². The van der Waals surface area contributed by atoms with Crippen LogP contribution in [0.2, 0.25) is 0 Å². The van der Waals surface area contributed by atoms with Crippen LogP contribution in [0.3, 0.4) is 0 Å². The maximum absolute atomic E-state index is 13.5. The molecule has 0 aliphatic carbocycles. The average Bonchev–Trinajstić information content (AvgIpc) is 2.63. The van der Waals surface area contributed by atoms with Crippen LogP contribution in [0.25, 0.3) is 11.1 Å². The Morgan fingerprint density at radius 1 is 1.08 bits per heavy atom. The fraction of sp³-hybridized carbons (Fsp3) is 0.105. The molecule has 7 heteroatoms. The van der Waals surface area contributed by atoms with Crippen molar-refractivity contribution in [2.75, 3.05) is 16.9 Å². The van der Waals surface area contributed by atoms with Crippen LogP contribution in [-0.2, 0) is 6.61 Å². The molecule has 0 atom stereocenters. The summed E-state index contributed by atoms with van der Waals surface area (Å²) >= 11 is 0. The van der Waals surface area contributed by atoms with Gasteiger partial charge in [-0.15, -0.1) is 0 Å². The first-order valence-corrected chi connectivity index (χ1v) is 7.99. The summed E-state index contributed by atoms with van der Waals surface area (Å²) < 4.78 is 19.3. The molecule has 134 valence electrons. The zero-order valence-electron chi connectivity index (χ0n) is 14.3. The smallest absolute Gasteiger partial charge is 0.169 e. The average molecular weight is 353 g/mol. The van der Waals surface area contributed by atoms with E-state index in [1.807, 2.05) is 31.2 Å². The molecule has 26 heavy (non-hydrogen) atoms. The van der Waals surface area contributed by atoms with Gasteiger partial charge in [0, 0.05) is 6.07 Å². The molecule has 0 amide bonds. The third-order valence-electron chi connectivity index (χ3n) is 4.07. The lowest BCUT2D eigenvalue weighted by Crippen LogP contribution is -2.13. The van der Waals surface area contributed by atoms with E-state index in [9.17, 15) is 4.39 Å². The molecular weight excluding hydrogens is 333 g/mol. The molecule has 1 heterocycles. The first-order chi connectivity index (χ1) is 12.5. The Bertz CT molecular complexity index is 945. The van der Waals surface area contributed by atoms with Crippen molar-refractivity contribution < 1.29 is 9.13 Å². The summed E-state index contributed by atoms with van der Waals surface area (Å²) in [4.78, 5) is 3.99. The van der Waals surface area contributed by atoms with Crippen LogP contribution in [-0.4, -0.2) is 4.98 Å². The van der Waals surface area contributed by atoms with Crippen molar-refractivity contribution in [3.05, 3.63) is 65.5 Å². The van der Waals surface area contributed by atoms with Crippen molar-refractivity contribution >= 4 is 17.3 Å². The maximum Gasteiger partial charge on any atom is 0.169 e. The van der Waals surface area contributed by atoms with Gasteiger partial charge in [-0.1, -0.05) is 24.3 Å². The van der Waals surface area contributed by atoms with Gasteiger partial charge in [0.1, 0.15) is 29.7 Å². The summed E-state index contributed by atoms with van der Waals surface area (Å²) in [6.07, 6.45) is 0. The van der Waals surface area contributed by atoms with Gasteiger partial charge in [0.2, 0.25) is 0 Å². The molecule has 7 N–H and O–H groups in total. The third kappa shape index (κ3) is 3.68. The quantitative estimate of drug-likeness (QED) is 0.414. The highest BCUT2D eigenvalue weighted by atomic mass is 19.1. The number of nitrogens with one attached hydrogen (secondary N) is 1. The topological polar surface area (TPSA) is 112 Å². The fourth-order valence-corrected chi connectivity index (χ4v) is 2.61. The van der Waals surface area contributed by atoms with Gasteiger partial charge >= 0.3 is 0 Å². The molecule has 6 nitrogen and oxygen atoms in total. The number of rotatable bonds is 5. The molecule has 3 aromatic rings. The Kier molecular flexibility index (Phi) is 4.90. The van der Waals surface area contributed by atoms with Crippen LogP contribution in [0.5, 0.6) is 5.75 Å². The van der Waals surface area contributed by atoms with Gasteiger partial charge in [-0.2, -0.15) is 0 Å². The van der Waals surface area contributed by atoms with Crippen LogP contribution in [0.15, 0.2) is 48.5 Å². The summed E-state index contributed by atoms with van der Waals surface area (Å²) in [5.41, 5.74) is 18.1. The highest BCUT2D eigenvalue weighted by Gasteiger charge is 2.11. The Balaban J connectivity index is 1.87. The number of aryl methyl sites for hydroxylation is 1. The number of hydrogen-bond donors (Lipinski definition) is 4. The van der Waals surface area contributed by atoms with Gasteiger partial charge in [-0.05, 0) is 47.4 Å².